The van der Waals surface area contributed by atoms with Gasteiger partial charge in [-0.25, -0.2) is 0 Å². The van der Waals surface area contributed by atoms with Crippen LogP contribution in [-0.2, 0) is 5.41 Å². The molecule has 3 heteroatoms. The smallest absolute Gasteiger partial charge is 0.0362 e. The Hall–Kier alpha value is -0.900. The SMILES string of the molecule is N[C@H]1C2CN3CCN(C2)CC1(c1ccccc1)C3. The summed E-state index contributed by atoms with van der Waals surface area (Å²) in [6.45, 7) is 7.13. The van der Waals surface area contributed by atoms with Gasteiger partial charge in [0.15, 0.2) is 0 Å². The van der Waals surface area contributed by atoms with E-state index in [0.29, 0.717) is 12.0 Å². The fourth-order valence-electron chi connectivity index (χ4n) is 4.36. The van der Waals surface area contributed by atoms with Crippen molar-refractivity contribution in [3.63, 3.8) is 0 Å². The topological polar surface area (TPSA) is 32.5 Å². The van der Waals surface area contributed by atoms with Crippen LogP contribution < -0.4 is 5.73 Å². The van der Waals surface area contributed by atoms with Crippen molar-refractivity contribution in [3.8, 4) is 0 Å². The second-order valence-corrected chi connectivity index (χ2v) is 6.28. The molecule has 3 nitrogen and oxygen atoms in total. The zero-order valence-corrected chi connectivity index (χ0v) is 10.8. The van der Waals surface area contributed by atoms with E-state index in [9.17, 15) is 0 Å². The Morgan fingerprint density at radius 3 is 2.22 bits per heavy atom. The van der Waals surface area contributed by atoms with Crippen LogP contribution in [0.5, 0.6) is 0 Å². The minimum atomic E-state index is 0.166. The lowest BCUT2D eigenvalue weighted by Gasteiger charge is -2.54. The number of benzene rings is 1. The van der Waals surface area contributed by atoms with Crippen LogP contribution in [0.2, 0.25) is 0 Å². The zero-order chi connectivity index (χ0) is 12.2. The molecule has 3 atom stereocenters. The minimum Gasteiger partial charge on any atom is -0.326 e. The number of fused-ring (bicyclic) bond motifs is 1. The van der Waals surface area contributed by atoms with Gasteiger partial charge in [0.2, 0.25) is 0 Å². The van der Waals surface area contributed by atoms with Crippen molar-refractivity contribution < 1.29 is 0 Å². The number of nitrogens with two attached hydrogens (primary N) is 1. The van der Waals surface area contributed by atoms with Gasteiger partial charge in [0.1, 0.15) is 0 Å². The Kier molecular flexibility index (Phi) is 2.31. The largest absolute Gasteiger partial charge is 0.326 e. The standard InChI is InChI=1S/C15H21N3/c16-14-12-8-17-6-7-18(9-12)11-15(14,10-17)13-4-2-1-3-5-13/h1-5,12,14H,6-11,16H2/t12?,14-,15?/m0/s1. The van der Waals surface area contributed by atoms with Crippen LogP contribution >= 0.6 is 0 Å². The molecule has 5 rings (SSSR count). The highest BCUT2D eigenvalue weighted by atomic mass is 15.3. The second-order valence-electron chi connectivity index (χ2n) is 6.28. The number of rotatable bonds is 1. The van der Waals surface area contributed by atoms with Crippen molar-refractivity contribution in [1.29, 1.82) is 0 Å². The molecule has 4 bridgehead atoms. The highest BCUT2D eigenvalue weighted by Gasteiger charge is 2.53. The summed E-state index contributed by atoms with van der Waals surface area (Å²) in [4.78, 5) is 5.27. The van der Waals surface area contributed by atoms with E-state index in [1.54, 1.807) is 0 Å². The first-order valence-electron chi connectivity index (χ1n) is 7.04. The summed E-state index contributed by atoms with van der Waals surface area (Å²) in [5.41, 5.74) is 8.26. The quantitative estimate of drug-likeness (QED) is 0.780. The molecule has 0 radical (unpaired) electrons. The molecule has 0 aromatic heterocycles. The van der Waals surface area contributed by atoms with E-state index in [0.717, 1.165) is 13.1 Å². The molecule has 4 saturated heterocycles. The lowest BCUT2D eigenvalue weighted by atomic mass is 9.65. The Balaban J connectivity index is 1.83. The molecular weight excluding hydrogens is 222 g/mol. The van der Waals surface area contributed by atoms with Crippen LogP contribution in [-0.4, -0.2) is 55.1 Å². The molecule has 4 fully saturated rings. The fourth-order valence-corrected chi connectivity index (χ4v) is 4.36. The van der Waals surface area contributed by atoms with Crippen LogP contribution in [0.25, 0.3) is 0 Å². The third-order valence-electron chi connectivity index (χ3n) is 5.22. The summed E-state index contributed by atoms with van der Waals surface area (Å²) >= 11 is 0. The number of hydrogen-bond acceptors (Lipinski definition) is 3. The molecule has 0 saturated carbocycles. The molecule has 1 aromatic rings. The van der Waals surface area contributed by atoms with Gasteiger partial charge in [-0.15, -0.1) is 0 Å². The summed E-state index contributed by atoms with van der Waals surface area (Å²) < 4.78 is 0. The van der Waals surface area contributed by atoms with E-state index in [-0.39, 0.29) is 5.41 Å². The van der Waals surface area contributed by atoms with Gasteiger partial charge in [0.25, 0.3) is 0 Å². The highest BCUT2D eigenvalue weighted by molar-refractivity contribution is 5.32. The first-order valence-corrected chi connectivity index (χ1v) is 7.04. The van der Waals surface area contributed by atoms with Crippen molar-refractivity contribution in [3.05, 3.63) is 35.9 Å². The Morgan fingerprint density at radius 2 is 1.61 bits per heavy atom. The average Bonchev–Trinajstić information content (AvgIpc) is 2.65. The summed E-state index contributed by atoms with van der Waals surface area (Å²) in [5.74, 6) is 0.648. The summed E-state index contributed by atoms with van der Waals surface area (Å²) in [6.07, 6.45) is 0. The van der Waals surface area contributed by atoms with Crippen LogP contribution in [0.1, 0.15) is 5.56 Å². The molecule has 2 unspecified atom stereocenters. The summed E-state index contributed by atoms with van der Waals surface area (Å²) in [5, 5.41) is 0. The Morgan fingerprint density at radius 1 is 1.00 bits per heavy atom. The third kappa shape index (κ3) is 1.41. The van der Waals surface area contributed by atoms with Gasteiger partial charge in [-0.3, -0.25) is 0 Å². The first-order chi connectivity index (χ1) is 8.78. The lowest BCUT2D eigenvalue weighted by molar-refractivity contribution is 0.0353. The Bertz CT molecular complexity index is 428. The molecule has 2 N–H and O–H groups in total. The lowest BCUT2D eigenvalue weighted by Crippen LogP contribution is -2.68. The zero-order valence-electron chi connectivity index (χ0n) is 10.8. The van der Waals surface area contributed by atoms with Gasteiger partial charge in [-0.05, 0) is 5.56 Å². The van der Waals surface area contributed by atoms with Crippen molar-refractivity contribution in [2.75, 3.05) is 39.3 Å². The van der Waals surface area contributed by atoms with E-state index in [2.05, 4.69) is 40.1 Å². The second kappa shape index (κ2) is 3.80. The van der Waals surface area contributed by atoms with Crippen molar-refractivity contribution in [1.82, 2.24) is 9.80 Å². The van der Waals surface area contributed by atoms with Crippen LogP contribution in [0.4, 0.5) is 0 Å². The molecule has 96 valence electrons. The molecule has 4 aliphatic heterocycles. The maximum atomic E-state index is 6.65. The van der Waals surface area contributed by atoms with Gasteiger partial charge >= 0.3 is 0 Å². The van der Waals surface area contributed by atoms with Gasteiger partial charge in [0.05, 0.1) is 0 Å². The van der Waals surface area contributed by atoms with Gasteiger partial charge in [-0.1, -0.05) is 30.3 Å². The number of hydrogen-bond donors (Lipinski definition) is 1. The predicted octanol–water partition coefficient (Wildman–Crippen LogP) is 0.513. The van der Waals surface area contributed by atoms with Crippen molar-refractivity contribution in [2.45, 2.75) is 11.5 Å². The highest BCUT2D eigenvalue weighted by Crippen LogP contribution is 2.41. The van der Waals surface area contributed by atoms with Gasteiger partial charge in [-0.2, -0.15) is 0 Å². The van der Waals surface area contributed by atoms with Crippen LogP contribution in [0, 0.1) is 5.92 Å². The molecule has 0 aliphatic carbocycles. The van der Waals surface area contributed by atoms with Crippen molar-refractivity contribution >= 4 is 0 Å². The normalized spacial score (nSPS) is 46.1. The van der Waals surface area contributed by atoms with E-state index in [1.165, 1.54) is 31.7 Å². The number of nitrogens with zero attached hydrogens (tertiary/aromatic N) is 2. The molecule has 0 spiro atoms. The van der Waals surface area contributed by atoms with Gasteiger partial charge in [0, 0.05) is 56.6 Å². The number of piperidine rings is 2. The predicted molar refractivity (Wildman–Crippen MR) is 72.5 cm³/mol. The molecule has 4 aliphatic rings. The minimum absolute atomic E-state index is 0.166. The summed E-state index contributed by atoms with van der Waals surface area (Å²) in [7, 11) is 0. The first kappa shape index (κ1) is 11.0. The maximum Gasteiger partial charge on any atom is 0.0362 e. The molecule has 18 heavy (non-hydrogen) atoms. The fraction of sp³-hybridized carbons (Fsp3) is 0.600. The van der Waals surface area contributed by atoms with Crippen LogP contribution in [0.15, 0.2) is 30.3 Å². The molecular formula is C15H21N3. The van der Waals surface area contributed by atoms with Crippen LogP contribution in [0.3, 0.4) is 0 Å². The maximum absolute atomic E-state index is 6.65. The average molecular weight is 243 g/mol. The Labute approximate surface area is 109 Å². The van der Waals surface area contributed by atoms with E-state index >= 15 is 0 Å². The molecule has 1 aromatic carbocycles. The summed E-state index contributed by atoms with van der Waals surface area (Å²) in [6, 6.07) is 11.3. The third-order valence-corrected chi connectivity index (χ3v) is 5.22. The monoisotopic (exact) mass is 243 g/mol. The van der Waals surface area contributed by atoms with E-state index in [1.807, 2.05) is 0 Å². The van der Waals surface area contributed by atoms with Crippen molar-refractivity contribution in [2.24, 2.45) is 11.7 Å². The molecule has 0 amide bonds. The van der Waals surface area contributed by atoms with Gasteiger partial charge < -0.3 is 15.5 Å². The molecule has 4 heterocycles. The van der Waals surface area contributed by atoms with E-state index in [4.69, 9.17) is 5.73 Å². The van der Waals surface area contributed by atoms with E-state index < -0.39 is 0 Å².